The number of nitrogens with one attached hydrogen (secondary N) is 2. The molecule has 0 aromatic heterocycles. The molecule has 0 spiro atoms. The van der Waals surface area contributed by atoms with Gasteiger partial charge in [-0.1, -0.05) is 0 Å². The van der Waals surface area contributed by atoms with Crippen LogP contribution in [-0.2, 0) is 4.74 Å². The molecule has 1 rings (SSSR count). The third-order valence-electron chi connectivity index (χ3n) is 3.03. The minimum absolute atomic E-state index is 0.752. The third-order valence-corrected chi connectivity index (χ3v) is 3.03. The second-order valence-corrected chi connectivity index (χ2v) is 4.39. The van der Waals surface area contributed by atoms with E-state index in [2.05, 4.69) is 10.6 Å². The molecule has 3 heteroatoms. The normalized spacial score (nSPS) is 22.6. The van der Waals surface area contributed by atoms with Gasteiger partial charge in [0.2, 0.25) is 0 Å². The molecule has 0 radical (unpaired) electrons. The fraction of sp³-hybridized carbons (Fsp3) is 1.00. The molecule has 1 heterocycles. The van der Waals surface area contributed by atoms with Crippen molar-refractivity contribution in [2.45, 2.75) is 44.6 Å². The number of hydrogen-bond acceptors (Lipinski definition) is 3. The summed E-state index contributed by atoms with van der Waals surface area (Å²) < 4.78 is 5.03. The van der Waals surface area contributed by atoms with E-state index in [1.807, 2.05) is 0 Å². The molecule has 0 aromatic rings. The molecule has 3 nitrogen and oxygen atoms in total. The zero-order chi connectivity index (χ0) is 10.8. The summed E-state index contributed by atoms with van der Waals surface area (Å²) in [6.45, 7) is 4.47. The Bertz CT molecular complexity index is 134. The quantitative estimate of drug-likeness (QED) is 0.631. The Morgan fingerprint density at radius 1 is 1.20 bits per heavy atom. The van der Waals surface area contributed by atoms with Gasteiger partial charge in [-0.2, -0.15) is 0 Å². The molecule has 0 aliphatic carbocycles. The molecule has 90 valence electrons. The fourth-order valence-corrected chi connectivity index (χ4v) is 2.08. The molecule has 1 atom stereocenters. The topological polar surface area (TPSA) is 33.3 Å². The molecule has 0 aromatic carbocycles. The van der Waals surface area contributed by atoms with Crippen molar-refractivity contribution in [2.24, 2.45) is 0 Å². The van der Waals surface area contributed by atoms with Crippen LogP contribution in [0.25, 0.3) is 0 Å². The predicted molar refractivity (Wildman–Crippen MR) is 64.2 cm³/mol. The minimum Gasteiger partial charge on any atom is -0.385 e. The lowest BCUT2D eigenvalue weighted by Gasteiger charge is -2.15. The molecular weight excluding hydrogens is 188 g/mol. The second-order valence-electron chi connectivity index (χ2n) is 4.39. The van der Waals surface area contributed by atoms with Crippen LogP contribution in [0.5, 0.6) is 0 Å². The Morgan fingerprint density at radius 3 is 3.00 bits per heavy atom. The van der Waals surface area contributed by atoms with Gasteiger partial charge in [-0.3, -0.25) is 0 Å². The molecule has 1 aliphatic heterocycles. The molecule has 0 amide bonds. The molecule has 1 unspecified atom stereocenters. The lowest BCUT2D eigenvalue weighted by molar-refractivity contribution is 0.192. The van der Waals surface area contributed by atoms with Crippen LogP contribution in [0.3, 0.4) is 0 Å². The van der Waals surface area contributed by atoms with Crippen LogP contribution in [-0.4, -0.2) is 39.4 Å². The average Bonchev–Trinajstić information content (AvgIpc) is 2.52. The summed E-state index contributed by atoms with van der Waals surface area (Å²) in [5, 5.41) is 7.10. The van der Waals surface area contributed by atoms with Crippen molar-refractivity contribution in [1.82, 2.24) is 10.6 Å². The van der Waals surface area contributed by atoms with Crippen molar-refractivity contribution in [3.05, 3.63) is 0 Å². The van der Waals surface area contributed by atoms with Crippen LogP contribution in [0.2, 0.25) is 0 Å². The smallest absolute Gasteiger partial charge is 0.0462 e. The van der Waals surface area contributed by atoms with E-state index in [0.29, 0.717) is 0 Å². The molecule has 0 bridgehead atoms. The van der Waals surface area contributed by atoms with Gasteiger partial charge in [0, 0.05) is 19.8 Å². The van der Waals surface area contributed by atoms with Crippen LogP contribution >= 0.6 is 0 Å². The van der Waals surface area contributed by atoms with Crippen LogP contribution in [0.4, 0.5) is 0 Å². The summed E-state index contributed by atoms with van der Waals surface area (Å²) in [5.74, 6) is 0. The maximum absolute atomic E-state index is 5.03. The third kappa shape index (κ3) is 6.88. The second kappa shape index (κ2) is 9.13. The highest BCUT2D eigenvalue weighted by Crippen LogP contribution is 2.05. The molecule has 2 N–H and O–H groups in total. The van der Waals surface area contributed by atoms with E-state index >= 15 is 0 Å². The highest BCUT2D eigenvalue weighted by Gasteiger charge is 2.09. The van der Waals surface area contributed by atoms with Crippen molar-refractivity contribution in [3.8, 4) is 0 Å². The van der Waals surface area contributed by atoms with Gasteiger partial charge in [-0.05, 0) is 58.2 Å². The highest BCUT2D eigenvalue weighted by molar-refractivity contribution is 4.72. The Morgan fingerprint density at radius 2 is 2.13 bits per heavy atom. The number of methoxy groups -OCH3 is 1. The summed E-state index contributed by atoms with van der Waals surface area (Å²) in [7, 11) is 1.77. The first-order valence-corrected chi connectivity index (χ1v) is 6.36. The van der Waals surface area contributed by atoms with Crippen molar-refractivity contribution in [3.63, 3.8) is 0 Å². The first-order chi connectivity index (χ1) is 7.43. The van der Waals surface area contributed by atoms with Gasteiger partial charge in [0.05, 0.1) is 0 Å². The van der Waals surface area contributed by atoms with Crippen LogP contribution in [0, 0.1) is 0 Å². The van der Waals surface area contributed by atoms with Crippen molar-refractivity contribution >= 4 is 0 Å². The van der Waals surface area contributed by atoms with E-state index in [1.54, 1.807) is 7.11 Å². The number of unbranched alkanes of at least 4 members (excludes halogenated alkanes) is 2. The summed E-state index contributed by atoms with van der Waals surface area (Å²) >= 11 is 0. The summed E-state index contributed by atoms with van der Waals surface area (Å²) in [5.41, 5.74) is 0. The summed E-state index contributed by atoms with van der Waals surface area (Å²) in [6.07, 6.45) is 7.72. The summed E-state index contributed by atoms with van der Waals surface area (Å²) in [6, 6.07) is 0.752. The van der Waals surface area contributed by atoms with Crippen molar-refractivity contribution in [2.75, 3.05) is 33.4 Å². The van der Waals surface area contributed by atoms with Crippen molar-refractivity contribution in [1.29, 1.82) is 0 Å². The van der Waals surface area contributed by atoms with Gasteiger partial charge in [0.1, 0.15) is 0 Å². The lowest BCUT2D eigenvalue weighted by atomic mass is 10.1. The first kappa shape index (κ1) is 12.9. The van der Waals surface area contributed by atoms with E-state index < -0.39 is 0 Å². The Kier molecular flexibility index (Phi) is 7.88. The zero-order valence-electron chi connectivity index (χ0n) is 10.1. The standard InChI is InChI=1S/C12H26N2O/c1-15-11-4-2-3-9-14-12-6-5-8-13-10-7-12/h12-14H,2-11H2,1H3. The molecular formula is C12H26N2O. The number of rotatable bonds is 7. The SMILES string of the molecule is COCCCCCNC1CCCNCC1. The Labute approximate surface area is 94.0 Å². The first-order valence-electron chi connectivity index (χ1n) is 6.36. The molecule has 0 saturated carbocycles. The van der Waals surface area contributed by atoms with Crippen LogP contribution in [0.15, 0.2) is 0 Å². The molecule has 1 aliphatic rings. The summed E-state index contributed by atoms with van der Waals surface area (Å²) in [4.78, 5) is 0. The van der Waals surface area contributed by atoms with Gasteiger partial charge in [-0.25, -0.2) is 0 Å². The Hall–Kier alpha value is -0.120. The highest BCUT2D eigenvalue weighted by atomic mass is 16.5. The molecule has 1 saturated heterocycles. The molecule has 1 fully saturated rings. The van der Waals surface area contributed by atoms with Gasteiger partial charge in [0.15, 0.2) is 0 Å². The monoisotopic (exact) mass is 214 g/mol. The van der Waals surface area contributed by atoms with E-state index in [4.69, 9.17) is 4.74 Å². The largest absolute Gasteiger partial charge is 0.385 e. The zero-order valence-corrected chi connectivity index (χ0v) is 10.1. The average molecular weight is 214 g/mol. The van der Waals surface area contributed by atoms with Crippen LogP contribution in [0.1, 0.15) is 38.5 Å². The van der Waals surface area contributed by atoms with E-state index in [0.717, 1.165) is 12.6 Å². The Balaban J connectivity index is 1.89. The van der Waals surface area contributed by atoms with Gasteiger partial charge in [0.25, 0.3) is 0 Å². The maximum atomic E-state index is 5.03. The predicted octanol–water partition coefficient (Wildman–Crippen LogP) is 1.53. The van der Waals surface area contributed by atoms with E-state index in [1.165, 1.54) is 58.2 Å². The van der Waals surface area contributed by atoms with Gasteiger partial charge >= 0.3 is 0 Å². The molecule has 15 heavy (non-hydrogen) atoms. The lowest BCUT2D eigenvalue weighted by Crippen LogP contribution is -2.30. The maximum Gasteiger partial charge on any atom is 0.0462 e. The van der Waals surface area contributed by atoms with Crippen molar-refractivity contribution < 1.29 is 4.74 Å². The minimum atomic E-state index is 0.752. The van der Waals surface area contributed by atoms with E-state index in [-0.39, 0.29) is 0 Å². The van der Waals surface area contributed by atoms with E-state index in [9.17, 15) is 0 Å². The van der Waals surface area contributed by atoms with Crippen LogP contribution < -0.4 is 10.6 Å². The van der Waals surface area contributed by atoms with Gasteiger partial charge < -0.3 is 15.4 Å². The number of ether oxygens (including phenoxy) is 1. The number of hydrogen-bond donors (Lipinski definition) is 2. The van der Waals surface area contributed by atoms with Gasteiger partial charge in [-0.15, -0.1) is 0 Å². The fourth-order valence-electron chi connectivity index (χ4n) is 2.08.